The second-order valence-corrected chi connectivity index (χ2v) is 6.76. The van der Waals surface area contributed by atoms with Crippen molar-refractivity contribution in [2.24, 2.45) is 5.92 Å². The number of pyridine rings is 2. The van der Waals surface area contributed by atoms with E-state index in [1.807, 2.05) is 36.9 Å². The maximum atomic E-state index is 5.99. The molecular weight excluding hydrogens is 326 g/mol. The first kappa shape index (κ1) is 16.9. The highest BCUT2D eigenvalue weighted by Gasteiger charge is 2.22. The second kappa shape index (κ2) is 8.21. The van der Waals surface area contributed by atoms with Gasteiger partial charge in [0.2, 0.25) is 0 Å². The minimum Gasteiger partial charge on any atom is -0.376 e. The van der Waals surface area contributed by atoms with Gasteiger partial charge in [-0.3, -0.25) is 14.9 Å². The highest BCUT2D eigenvalue weighted by Crippen LogP contribution is 2.18. The fraction of sp³-hybridized carbons (Fsp3) is 0.350. The Bertz CT molecular complexity index is 805. The standard InChI is InChI=1S/C20H23N5O/c1-2-18(10-22-5-1)15-26-16-19-12-24(11-17-3-6-21-7-4-17)14-20-23-8-9-25(20)13-19/h1-10,19H,11-16H2/t19-/m1/s1. The summed E-state index contributed by atoms with van der Waals surface area (Å²) in [7, 11) is 0. The smallest absolute Gasteiger partial charge is 0.122 e. The van der Waals surface area contributed by atoms with Crippen molar-refractivity contribution in [2.45, 2.75) is 26.2 Å². The third-order valence-corrected chi connectivity index (χ3v) is 4.64. The molecule has 0 aliphatic carbocycles. The molecule has 6 nitrogen and oxygen atoms in total. The van der Waals surface area contributed by atoms with E-state index in [1.165, 1.54) is 5.56 Å². The molecule has 4 heterocycles. The molecule has 0 saturated heterocycles. The zero-order valence-corrected chi connectivity index (χ0v) is 14.7. The molecule has 6 heteroatoms. The molecule has 4 rings (SSSR count). The van der Waals surface area contributed by atoms with E-state index in [2.05, 4.69) is 42.7 Å². The molecule has 1 atom stereocenters. The Morgan fingerprint density at radius 3 is 2.77 bits per heavy atom. The van der Waals surface area contributed by atoms with Gasteiger partial charge in [0, 0.05) is 62.7 Å². The van der Waals surface area contributed by atoms with E-state index < -0.39 is 0 Å². The Hall–Kier alpha value is -2.57. The van der Waals surface area contributed by atoms with Crippen molar-refractivity contribution in [3.8, 4) is 0 Å². The highest BCUT2D eigenvalue weighted by atomic mass is 16.5. The quantitative estimate of drug-likeness (QED) is 0.684. The van der Waals surface area contributed by atoms with Gasteiger partial charge in [-0.15, -0.1) is 0 Å². The van der Waals surface area contributed by atoms with Crippen LogP contribution >= 0.6 is 0 Å². The van der Waals surface area contributed by atoms with Gasteiger partial charge in [-0.25, -0.2) is 4.98 Å². The van der Waals surface area contributed by atoms with E-state index in [9.17, 15) is 0 Å². The average molecular weight is 349 g/mol. The van der Waals surface area contributed by atoms with E-state index in [0.717, 1.165) is 44.2 Å². The number of fused-ring (bicyclic) bond motifs is 1. The molecule has 0 aromatic carbocycles. The highest BCUT2D eigenvalue weighted by molar-refractivity contribution is 5.10. The summed E-state index contributed by atoms with van der Waals surface area (Å²) in [4.78, 5) is 15.2. The molecule has 1 aliphatic heterocycles. The van der Waals surface area contributed by atoms with E-state index in [-0.39, 0.29) is 0 Å². The molecule has 0 saturated carbocycles. The molecule has 0 N–H and O–H groups in total. The largest absolute Gasteiger partial charge is 0.376 e. The van der Waals surface area contributed by atoms with Gasteiger partial charge >= 0.3 is 0 Å². The van der Waals surface area contributed by atoms with Gasteiger partial charge in [0.1, 0.15) is 5.82 Å². The molecule has 1 aliphatic rings. The lowest BCUT2D eigenvalue weighted by Crippen LogP contribution is -2.30. The topological polar surface area (TPSA) is 56.1 Å². The first-order chi connectivity index (χ1) is 12.9. The van der Waals surface area contributed by atoms with Crippen molar-refractivity contribution in [3.63, 3.8) is 0 Å². The summed E-state index contributed by atoms with van der Waals surface area (Å²) in [6.07, 6.45) is 11.3. The predicted octanol–water partition coefficient (Wildman–Crippen LogP) is 2.52. The molecule has 3 aromatic rings. The van der Waals surface area contributed by atoms with E-state index in [4.69, 9.17) is 4.74 Å². The van der Waals surface area contributed by atoms with Crippen LogP contribution in [-0.2, 0) is 31.0 Å². The predicted molar refractivity (Wildman–Crippen MR) is 98.0 cm³/mol. The van der Waals surface area contributed by atoms with Crippen LogP contribution in [0.1, 0.15) is 17.0 Å². The normalized spacial score (nSPS) is 17.6. The lowest BCUT2D eigenvalue weighted by molar-refractivity contribution is 0.0664. The van der Waals surface area contributed by atoms with Gasteiger partial charge in [0.15, 0.2) is 0 Å². The van der Waals surface area contributed by atoms with Crippen LogP contribution in [0.5, 0.6) is 0 Å². The Morgan fingerprint density at radius 2 is 1.92 bits per heavy atom. The number of aromatic nitrogens is 4. The van der Waals surface area contributed by atoms with Crippen LogP contribution in [0, 0.1) is 5.92 Å². The molecule has 0 bridgehead atoms. The Balaban J connectivity index is 1.40. The van der Waals surface area contributed by atoms with Crippen molar-refractivity contribution < 1.29 is 4.74 Å². The number of imidazole rings is 1. The number of nitrogens with zero attached hydrogens (tertiary/aromatic N) is 5. The van der Waals surface area contributed by atoms with Gasteiger partial charge in [-0.1, -0.05) is 6.07 Å². The number of ether oxygens (including phenoxy) is 1. The van der Waals surface area contributed by atoms with Gasteiger partial charge < -0.3 is 9.30 Å². The SMILES string of the molecule is c1cncc(COC[C@@H]2CN(Cc3ccncc3)Cc3nccn3C2)c1. The molecule has 0 radical (unpaired) electrons. The Kier molecular flexibility index (Phi) is 5.33. The minimum absolute atomic E-state index is 0.420. The number of rotatable bonds is 6. The molecular formula is C20H23N5O. The van der Waals surface area contributed by atoms with Gasteiger partial charge in [-0.05, 0) is 29.3 Å². The molecule has 26 heavy (non-hydrogen) atoms. The third-order valence-electron chi connectivity index (χ3n) is 4.64. The van der Waals surface area contributed by atoms with Crippen LogP contribution in [-0.4, -0.2) is 37.6 Å². The summed E-state index contributed by atoms with van der Waals surface area (Å²) < 4.78 is 8.25. The summed E-state index contributed by atoms with van der Waals surface area (Å²) in [5.41, 5.74) is 2.38. The lowest BCUT2D eigenvalue weighted by atomic mass is 10.1. The van der Waals surface area contributed by atoms with Crippen molar-refractivity contribution in [1.29, 1.82) is 0 Å². The number of hydrogen-bond donors (Lipinski definition) is 0. The molecule has 0 unspecified atom stereocenters. The van der Waals surface area contributed by atoms with Crippen LogP contribution < -0.4 is 0 Å². The van der Waals surface area contributed by atoms with Gasteiger partial charge in [0.05, 0.1) is 19.8 Å². The van der Waals surface area contributed by atoms with Gasteiger partial charge in [-0.2, -0.15) is 0 Å². The fourth-order valence-electron chi connectivity index (χ4n) is 3.42. The first-order valence-electron chi connectivity index (χ1n) is 8.95. The fourth-order valence-corrected chi connectivity index (χ4v) is 3.42. The molecule has 0 spiro atoms. The minimum atomic E-state index is 0.420. The third kappa shape index (κ3) is 4.33. The van der Waals surface area contributed by atoms with Crippen LogP contribution in [0.15, 0.2) is 61.4 Å². The summed E-state index contributed by atoms with van der Waals surface area (Å²) in [6.45, 7) is 5.00. The molecule has 134 valence electrons. The summed E-state index contributed by atoms with van der Waals surface area (Å²) >= 11 is 0. The lowest BCUT2D eigenvalue weighted by Gasteiger charge is -2.23. The first-order valence-corrected chi connectivity index (χ1v) is 8.95. The van der Waals surface area contributed by atoms with Crippen molar-refractivity contribution in [3.05, 3.63) is 78.4 Å². The monoisotopic (exact) mass is 349 g/mol. The zero-order valence-electron chi connectivity index (χ0n) is 14.7. The van der Waals surface area contributed by atoms with E-state index in [1.54, 1.807) is 6.20 Å². The van der Waals surface area contributed by atoms with E-state index in [0.29, 0.717) is 12.5 Å². The zero-order chi connectivity index (χ0) is 17.6. The summed E-state index contributed by atoms with van der Waals surface area (Å²) in [5.74, 6) is 1.54. The van der Waals surface area contributed by atoms with E-state index >= 15 is 0 Å². The number of hydrogen-bond acceptors (Lipinski definition) is 5. The summed E-state index contributed by atoms with van der Waals surface area (Å²) in [6, 6.07) is 8.14. The maximum absolute atomic E-state index is 5.99. The van der Waals surface area contributed by atoms with Crippen molar-refractivity contribution in [2.75, 3.05) is 13.2 Å². The molecule has 0 amide bonds. The van der Waals surface area contributed by atoms with Crippen LogP contribution in [0.4, 0.5) is 0 Å². The van der Waals surface area contributed by atoms with Crippen molar-refractivity contribution in [1.82, 2.24) is 24.4 Å². The van der Waals surface area contributed by atoms with Gasteiger partial charge in [0.25, 0.3) is 0 Å². The van der Waals surface area contributed by atoms with Crippen LogP contribution in [0.3, 0.4) is 0 Å². The molecule has 0 fully saturated rings. The second-order valence-electron chi connectivity index (χ2n) is 6.76. The Labute approximate surface area is 153 Å². The molecule has 3 aromatic heterocycles. The maximum Gasteiger partial charge on any atom is 0.122 e. The summed E-state index contributed by atoms with van der Waals surface area (Å²) in [5, 5.41) is 0. The average Bonchev–Trinajstić information content (AvgIpc) is 3.03. The Morgan fingerprint density at radius 1 is 1.00 bits per heavy atom. The van der Waals surface area contributed by atoms with Crippen molar-refractivity contribution >= 4 is 0 Å². The van der Waals surface area contributed by atoms with Crippen LogP contribution in [0.25, 0.3) is 0 Å². The van der Waals surface area contributed by atoms with Crippen LogP contribution in [0.2, 0.25) is 0 Å².